The normalized spacial score (nSPS) is 11.6. The van der Waals surface area contributed by atoms with E-state index in [2.05, 4.69) is 9.71 Å². The Kier molecular flexibility index (Phi) is 4.07. The first kappa shape index (κ1) is 14.9. The van der Waals surface area contributed by atoms with Gasteiger partial charge >= 0.3 is 0 Å². The zero-order valence-corrected chi connectivity index (χ0v) is 12.6. The van der Waals surface area contributed by atoms with Gasteiger partial charge in [-0.1, -0.05) is 6.07 Å². The lowest BCUT2D eigenvalue weighted by Crippen LogP contribution is -2.16. The number of aromatic nitrogens is 1. The fraction of sp³-hybridized carbons (Fsp3) is 0.250. The summed E-state index contributed by atoms with van der Waals surface area (Å²) in [7, 11) is -3.90. The van der Waals surface area contributed by atoms with Crippen LogP contribution >= 0.6 is 11.3 Å². The van der Waals surface area contributed by atoms with Crippen LogP contribution in [-0.4, -0.2) is 13.4 Å². The molecule has 0 amide bonds. The van der Waals surface area contributed by atoms with E-state index >= 15 is 0 Å². The molecule has 1 aromatic heterocycles. The first-order valence-corrected chi connectivity index (χ1v) is 8.09. The predicted molar refractivity (Wildman–Crippen MR) is 76.7 cm³/mol. The van der Waals surface area contributed by atoms with E-state index in [0.717, 1.165) is 16.6 Å². The van der Waals surface area contributed by atoms with Gasteiger partial charge in [0.25, 0.3) is 10.0 Å². The quantitative estimate of drug-likeness (QED) is 0.905. The van der Waals surface area contributed by atoms with Gasteiger partial charge in [0.15, 0.2) is 5.13 Å². The maximum atomic E-state index is 13.3. The molecule has 1 heterocycles. The van der Waals surface area contributed by atoms with E-state index < -0.39 is 15.8 Å². The van der Waals surface area contributed by atoms with E-state index in [0.29, 0.717) is 5.56 Å². The van der Waals surface area contributed by atoms with Crippen LogP contribution in [0.4, 0.5) is 9.52 Å². The number of rotatable bonds is 4. The minimum Gasteiger partial charge on any atom is -0.326 e. The van der Waals surface area contributed by atoms with Crippen molar-refractivity contribution in [1.82, 2.24) is 4.98 Å². The number of thiazole rings is 1. The van der Waals surface area contributed by atoms with Crippen molar-refractivity contribution >= 4 is 26.5 Å². The molecule has 108 valence electrons. The Morgan fingerprint density at radius 2 is 2.10 bits per heavy atom. The molecule has 5 nitrogen and oxygen atoms in total. The molecule has 1 aromatic carbocycles. The minimum atomic E-state index is -3.90. The number of nitrogens with two attached hydrogens (primary N) is 1. The largest absolute Gasteiger partial charge is 0.326 e. The highest BCUT2D eigenvalue weighted by Crippen LogP contribution is 2.25. The molecule has 0 atom stereocenters. The molecule has 0 bridgehead atoms. The van der Waals surface area contributed by atoms with E-state index in [1.165, 1.54) is 23.5 Å². The lowest BCUT2D eigenvalue weighted by atomic mass is 10.2. The van der Waals surface area contributed by atoms with Crippen LogP contribution in [0.5, 0.6) is 0 Å². The highest BCUT2D eigenvalue weighted by atomic mass is 32.2. The first-order valence-electron chi connectivity index (χ1n) is 5.79. The number of sulfonamides is 1. The zero-order chi connectivity index (χ0) is 14.9. The molecule has 2 rings (SSSR count). The third-order valence-corrected chi connectivity index (χ3v) is 5.33. The van der Waals surface area contributed by atoms with Crippen LogP contribution in [-0.2, 0) is 16.6 Å². The molecule has 0 fully saturated rings. The second kappa shape index (κ2) is 5.47. The van der Waals surface area contributed by atoms with Crippen molar-refractivity contribution in [2.45, 2.75) is 25.3 Å². The number of nitrogens with one attached hydrogen (secondary N) is 1. The molecule has 0 aliphatic heterocycles. The lowest BCUT2D eigenvalue weighted by molar-refractivity contribution is 0.593. The molecule has 0 radical (unpaired) electrons. The third-order valence-electron chi connectivity index (χ3n) is 2.79. The molecule has 8 heteroatoms. The van der Waals surface area contributed by atoms with Crippen molar-refractivity contribution in [3.05, 3.63) is 40.2 Å². The summed E-state index contributed by atoms with van der Waals surface area (Å²) >= 11 is 1.23. The van der Waals surface area contributed by atoms with E-state index in [-0.39, 0.29) is 16.6 Å². The smallest absolute Gasteiger partial charge is 0.264 e. The van der Waals surface area contributed by atoms with Gasteiger partial charge in [-0.3, -0.25) is 4.72 Å². The molecular formula is C12H14FN3O2S2. The van der Waals surface area contributed by atoms with E-state index in [1.54, 1.807) is 6.92 Å². The highest BCUT2D eigenvalue weighted by Gasteiger charge is 2.20. The maximum absolute atomic E-state index is 13.3. The van der Waals surface area contributed by atoms with Gasteiger partial charge in [-0.15, -0.1) is 11.3 Å². The highest BCUT2D eigenvalue weighted by molar-refractivity contribution is 7.93. The van der Waals surface area contributed by atoms with Gasteiger partial charge in [0.1, 0.15) is 5.82 Å². The lowest BCUT2D eigenvalue weighted by Gasteiger charge is -2.09. The summed E-state index contributed by atoms with van der Waals surface area (Å²) < 4.78 is 40.2. The van der Waals surface area contributed by atoms with E-state index in [1.807, 2.05) is 6.92 Å². The molecule has 20 heavy (non-hydrogen) atoms. The van der Waals surface area contributed by atoms with Crippen molar-refractivity contribution in [1.29, 1.82) is 0 Å². The minimum absolute atomic E-state index is 0.00640. The summed E-state index contributed by atoms with van der Waals surface area (Å²) in [4.78, 5) is 4.86. The third kappa shape index (κ3) is 2.97. The Morgan fingerprint density at radius 3 is 2.65 bits per heavy atom. The fourth-order valence-corrected chi connectivity index (χ4v) is 3.94. The van der Waals surface area contributed by atoms with Gasteiger partial charge in [0, 0.05) is 11.4 Å². The maximum Gasteiger partial charge on any atom is 0.264 e. The summed E-state index contributed by atoms with van der Waals surface area (Å²) in [6.45, 7) is 3.64. The van der Waals surface area contributed by atoms with Crippen LogP contribution in [0.2, 0.25) is 0 Å². The Balaban J connectivity index is 2.42. The summed E-state index contributed by atoms with van der Waals surface area (Å²) in [5.41, 5.74) is 6.60. The van der Waals surface area contributed by atoms with Crippen LogP contribution in [0, 0.1) is 19.7 Å². The van der Waals surface area contributed by atoms with Gasteiger partial charge in [-0.25, -0.2) is 17.8 Å². The number of aryl methyl sites for hydroxylation is 2. The Bertz CT molecular complexity index is 722. The van der Waals surface area contributed by atoms with Crippen molar-refractivity contribution in [3.8, 4) is 0 Å². The van der Waals surface area contributed by atoms with Crippen LogP contribution in [0.3, 0.4) is 0 Å². The SMILES string of the molecule is Cc1nc(NS(=O)(=O)c2cc(F)ccc2CN)sc1C. The molecule has 0 aliphatic rings. The number of benzene rings is 1. The second-order valence-electron chi connectivity index (χ2n) is 4.22. The standard InChI is InChI=1S/C12H14FN3O2S2/c1-7-8(2)19-12(15-7)16-20(17,18)11-5-10(13)4-3-9(11)6-14/h3-5H,6,14H2,1-2H3,(H,15,16). The molecule has 0 unspecified atom stereocenters. The molecule has 0 saturated carbocycles. The molecule has 0 spiro atoms. The summed E-state index contributed by atoms with van der Waals surface area (Å²) in [6.07, 6.45) is 0. The van der Waals surface area contributed by atoms with Crippen molar-refractivity contribution < 1.29 is 12.8 Å². The zero-order valence-electron chi connectivity index (χ0n) is 11.0. The Morgan fingerprint density at radius 1 is 1.40 bits per heavy atom. The number of hydrogen-bond acceptors (Lipinski definition) is 5. The number of anilines is 1. The average molecular weight is 315 g/mol. The van der Waals surface area contributed by atoms with Gasteiger partial charge in [0.2, 0.25) is 0 Å². The van der Waals surface area contributed by atoms with Crippen molar-refractivity contribution in [3.63, 3.8) is 0 Å². The fourth-order valence-electron chi connectivity index (χ4n) is 1.63. The number of hydrogen-bond donors (Lipinski definition) is 2. The molecule has 0 aliphatic carbocycles. The second-order valence-corrected chi connectivity index (χ2v) is 7.08. The van der Waals surface area contributed by atoms with Gasteiger partial charge in [-0.05, 0) is 31.5 Å². The molecule has 0 saturated heterocycles. The average Bonchev–Trinajstić information content (AvgIpc) is 2.67. The molecule has 2 aromatic rings. The van der Waals surface area contributed by atoms with E-state index in [9.17, 15) is 12.8 Å². The van der Waals surface area contributed by atoms with Gasteiger partial charge in [-0.2, -0.15) is 0 Å². The summed E-state index contributed by atoms with van der Waals surface area (Å²) in [5, 5.41) is 0.257. The number of nitrogens with zero attached hydrogens (tertiary/aromatic N) is 1. The molecular weight excluding hydrogens is 301 g/mol. The van der Waals surface area contributed by atoms with Gasteiger partial charge in [0.05, 0.1) is 10.6 Å². The van der Waals surface area contributed by atoms with Crippen molar-refractivity contribution in [2.24, 2.45) is 5.73 Å². The Labute approximate surface area is 120 Å². The van der Waals surface area contributed by atoms with Crippen LogP contribution in [0.1, 0.15) is 16.1 Å². The van der Waals surface area contributed by atoms with Crippen molar-refractivity contribution in [2.75, 3.05) is 4.72 Å². The number of halogens is 1. The van der Waals surface area contributed by atoms with Gasteiger partial charge < -0.3 is 5.73 Å². The topological polar surface area (TPSA) is 85.1 Å². The van der Waals surface area contributed by atoms with E-state index in [4.69, 9.17) is 5.73 Å². The molecule has 3 N–H and O–H groups in total. The summed E-state index contributed by atoms with van der Waals surface area (Å²) in [6, 6.07) is 3.50. The predicted octanol–water partition coefficient (Wildman–Crippen LogP) is 2.16. The van der Waals surface area contributed by atoms with Crippen LogP contribution < -0.4 is 10.5 Å². The first-order chi connectivity index (χ1) is 9.33. The Hall–Kier alpha value is -1.51. The van der Waals surface area contributed by atoms with Crippen LogP contribution in [0.25, 0.3) is 0 Å². The van der Waals surface area contributed by atoms with Crippen LogP contribution in [0.15, 0.2) is 23.1 Å². The monoisotopic (exact) mass is 315 g/mol. The summed E-state index contributed by atoms with van der Waals surface area (Å²) in [5.74, 6) is -0.630.